The Morgan fingerprint density at radius 3 is 2.11 bits per heavy atom. The van der Waals surface area contributed by atoms with Crippen molar-refractivity contribution in [3.05, 3.63) is 66.2 Å². The predicted molar refractivity (Wildman–Crippen MR) is 73.9 cm³/mol. The van der Waals surface area contributed by atoms with E-state index in [2.05, 4.69) is 0 Å². The molecule has 0 bridgehead atoms. The molecular weight excluding hydrogens is 238 g/mol. The molecule has 1 aliphatic rings. The Labute approximate surface area is 112 Å². The first-order chi connectivity index (χ1) is 9.33. The zero-order chi connectivity index (χ0) is 13.2. The van der Waals surface area contributed by atoms with E-state index in [0.29, 0.717) is 0 Å². The summed E-state index contributed by atoms with van der Waals surface area (Å²) in [5, 5.41) is 0. The summed E-state index contributed by atoms with van der Waals surface area (Å²) in [4.78, 5) is 14.0. The monoisotopic (exact) mass is 253 g/mol. The lowest BCUT2D eigenvalue weighted by atomic mass is 9.90. The van der Waals surface area contributed by atoms with E-state index in [1.54, 1.807) is 12.0 Å². The van der Waals surface area contributed by atoms with Crippen molar-refractivity contribution in [1.82, 2.24) is 0 Å². The lowest BCUT2D eigenvalue weighted by Gasteiger charge is -2.46. The quantitative estimate of drug-likeness (QED) is 0.787. The summed E-state index contributed by atoms with van der Waals surface area (Å²) in [6.07, 6.45) is -0.386. The summed E-state index contributed by atoms with van der Waals surface area (Å²) in [7, 11) is 1.58. The number of anilines is 1. The van der Waals surface area contributed by atoms with E-state index in [9.17, 15) is 4.79 Å². The van der Waals surface area contributed by atoms with Gasteiger partial charge in [0.2, 0.25) is 0 Å². The fourth-order valence-electron chi connectivity index (χ4n) is 2.54. The van der Waals surface area contributed by atoms with Crippen molar-refractivity contribution in [2.45, 2.75) is 12.1 Å². The van der Waals surface area contributed by atoms with Crippen molar-refractivity contribution in [2.75, 3.05) is 12.0 Å². The standard InChI is InChI=1S/C16H15NO2/c1-19-15-14(12-8-4-2-5-9-12)17(16(15)18)13-10-6-3-7-11-13/h2-11,14-15H,1H3/t14-,15+/m1/s1. The Morgan fingerprint density at radius 1 is 0.947 bits per heavy atom. The van der Waals surface area contributed by atoms with Crippen LogP contribution in [0.2, 0.25) is 0 Å². The second kappa shape index (κ2) is 4.86. The normalized spacial score (nSPS) is 22.2. The molecule has 2 aromatic rings. The Kier molecular flexibility index (Phi) is 3.05. The van der Waals surface area contributed by atoms with Crippen LogP contribution in [0, 0.1) is 0 Å². The number of ether oxygens (including phenoxy) is 1. The van der Waals surface area contributed by atoms with Crippen LogP contribution in [0.1, 0.15) is 11.6 Å². The number of carbonyl (C=O) groups is 1. The molecule has 3 heteroatoms. The Balaban J connectivity index is 1.98. The summed E-state index contributed by atoms with van der Waals surface area (Å²) < 4.78 is 5.33. The van der Waals surface area contributed by atoms with Crippen molar-refractivity contribution in [3.8, 4) is 0 Å². The highest BCUT2D eigenvalue weighted by atomic mass is 16.5. The van der Waals surface area contributed by atoms with Crippen LogP contribution in [0.3, 0.4) is 0 Å². The third-order valence-corrected chi connectivity index (χ3v) is 3.48. The van der Waals surface area contributed by atoms with Crippen molar-refractivity contribution < 1.29 is 9.53 Å². The highest BCUT2D eigenvalue weighted by Crippen LogP contribution is 2.40. The molecule has 0 aromatic heterocycles. The first-order valence-corrected chi connectivity index (χ1v) is 6.29. The van der Waals surface area contributed by atoms with Crippen LogP contribution >= 0.6 is 0 Å². The molecule has 1 fully saturated rings. The number of nitrogens with zero attached hydrogens (tertiary/aromatic N) is 1. The minimum atomic E-state index is -0.386. The van der Waals surface area contributed by atoms with Crippen LogP contribution in [0.15, 0.2) is 60.7 Å². The largest absolute Gasteiger partial charge is 0.369 e. The molecule has 0 aliphatic carbocycles. The third kappa shape index (κ3) is 1.92. The second-order valence-corrected chi connectivity index (χ2v) is 4.56. The number of hydrogen-bond donors (Lipinski definition) is 0. The van der Waals surface area contributed by atoms with E-state index >= 15 is 0 Å². The van der Waals surface area contributed by atoms with Gasteiger partial charge in [-0.05, 0) is 17.7 Å². The number of rotatable bonds is 3. The van der Waals surface area contributed by atoms with E-state index in [-0.39, 0.29) is 18.1 Å². The van der Waals surface area contributed by atoms with Gasteiger partial charge in [-0.2, -0.15) is 0 Å². The van der Waals surface area contributed by atoms with E-state index in [0.717, 1.165) is 11.3 Å². The third-order valence-electron chi connectivity index (χ3n) is 3.48. The predicted octanol–water partition coefficient (Wildman–Crippen LogP) is 2.79. The number of benzene rings is 2. The smallest absolute Gasteiger partial charge is 0.259 e. The zero-order valence-corrected chi connectivity index (χ0v) is 10.7. The molecule has 2 atom stereocenters. The van der Waals surface area contributed by atoms with E-state index in [1.807, 2.05) is 60.7 Å². The van der Waals surface area contributed by atoms with Gasteiger partial charge in [-0.15, -0.1) is 0 Å². The molecule has 2 aromatic carbocycles. The molecule has 1 aliphatic heterocycles. The average molecular weight is 253 g/mol. The summed E-state index contributed by atoms with van der Waals surface area (Å²) in [5.74, 6) is 0.0163. The van der Waals surface area contributed by atoms with Gasteiger partial charge in [0.25, 0.3) is 5.91 Å². The van der Waals surface area contributed by atoms with Gasteiger partial charge < -0.3 is 4.74 Å². The molecule has 1 heterocycles. The lowest BCUT2D eigenvalue weighted by molar-refractivity contribution is -0.139. The number of methoxy groups -OCH3 is 1. The molecule has 3 nitrogen and oxygen atoms in total. The minimum Gasteiger partial charge on any atom is -0.369 e. The maximum absolute atomic E-state index is 12.2. The van der Waals surface area contributed by atoms with Crippen molar-refractivity contribution in [3.63, 3.8) is 0 Å². The maximum Gasteiger partial charge on any atom is 0.259 e. The summed E-state index contributed by atoms with van der Waals surface area (Å²) in [6, 6.07) is 19.6. The van der Waals surface area contributed by atoms with Crippen LogP contribution in [0.4, 0.5) is 5.69 Å². The molecule has 0 unspecified atom stereocenters. The fourth-order valence-corrected chi connectivity index (χ4v) is 2.54. The molecule has 0 saturated carbocycles. The van der Waals surface area contributed by atoms with Crippen molar-refractivity contribution >= 4 is 11.6 Å². The topological polar surface area (TPSA) is 29.5 Å². The Morgan fingerprint density at radius 2 is 1.53 bits per heavy atom. The maximum atomic E-state index is 12.2. The molecule has 96 valence electrons. The molecule has 3 rings (SSSR count). The molecule has 19 heavy (non-hydrogen) atoms. The van der Waals surface area contributed by atoms with Crippen LogP contribution in [-0.2, 0) is 9.53 Å². The first-order valence-electron chi connectivity index (χ1n) is 6.29. The number of amides is 1. The lowest BCUT2D eigenvalue weighted by Crippen LogP contribution is -2.59. The van der Waals surface area contributed by atoms with E-state index < -0.39 is 0 Å². The molecule has 1 amide bonds. The van der Waals surface area contributed by atoms with Gasteiger partial charge in [0.15, 0.2) is 6.10 Å². The van der Waals surface area contributed by atoms with Crippen LogP contribution in [0.5, 0.6) is 0 Å². The van der Waals surface area contributed by atoms with E-state index in [4.69, 9.17) is 4.74 Å². The first kappa shape index (κ1) is 11.9. The second-order valence-electron chi connectivity index (χ2n) is 4.56. The summed E-state index contributed by atoms with van der Waals surface area (Å²) >= 11 is 0. The van der Waals surface area contributed by atoms with E-state index in [1.165, 1.54) is 0 Å². The number of hydrogen-bond acceptors (Lipinski definition) is 2. The van der Waals surface area contributed by atoms with Crippen LogP contribution in [0.25, 0.3) is 0 Å². The molecule has 0 radical (unpaired) electrons. The van der Waals surface area contributed by atoms with Gasteiger partial charge in [-0.1, -0.05) is 48.5 Å². The Hall–Kier alpha value is -2.13. The van der Waals surface area contributed by atoms with Gasteiger partial charge >= 0.3 is 0 Å². The minimum absolute atomic E-state index is 0.0163. The molecule has 0 spiro atoms. The number of para-hydroxylation sites is 1. The van der Waals surface area contributed by atoms with Gasteiger partial charge in [-0.3, -0.25) is 9.69 Å². The van der Waals surface area contributed by atoms with Gasteiger partial charge in [0, 0.05) is 12.8 Å². The van der Waals surface area contributed by atoms with Crippen molar-refractivity contribution in [2.24, 2.45) is 0 Å². The fraction of sp³-hybridized carbons (Fsp3) is 0.188. The SMILES string of the molecule is CO[C@@H]1C(=O)N(c2ccccc2)[C@@H]1c1ccccc1. The van der Waals surface area contributed by atoms with Gasteiger partial charge in [0.05, 0.1) is 6.04 Å². The number of carbonyl (C=O) groups excluding carboxylic acids is 1. The Bertz CT molecular complexity index is 568. The summed E-state index contributed by atoms with van der Waals surface area (Å²) in [6.45, 7) is 0. The number of β-lactam (4-membered cyclic amide) rings is 1. The van der Waals surface area contributed by atoms with Crippen molar-refractivity contribution in [1.29, 1.82) is 0 Å². The average Bonchev–Trinajstić information content (AvgIpc) is 2.47. The summed E-state index contributed by atoms with van der Waals surface area (Å²) in [5.41, 5.74) is 2.01. The highest BCUT2D eigenvalue weighted by molar-refractivity contribution is 6.05. The van der Waals surface area contributed by atoms with Crippen LogP contribution in [-0.4, -0.2) is 19.1 Å². The molecular formula is C16H15NO2. The van der Waals surface area contributed by atoms with Crippen LogP contribution < -0.4 is 4.90 Å². The highest BCUT2D eigenvalue weighted by Gasteiger charge is 2.49. The van der Waals surface area contributed by atoms with Gasteiger partial charge in [-0.25, -0.2) is 0 Å². The molecule has 1 saturated heterocycles. The zero-order valence-electron chi connectivity index (χ0n) is 10.7. The van der Waals surface area contributed by atoms with Gasteiger partial charge in [0.1, 0.15) is 0 Å². The molecule has 0 N–H and O–H groups in total.